The number of hydrogen-bond acceptors (Lipinski definition) is 4. The Hall–Kier alpha value is -2.49. The number of benzene rings is 3. The van der Waals surface area contributed by atoms with Gasteiger partial charge in [0.1, 0.15) is 12.6 Å². The van der Waals surface area contributed by atoms with E-state index in [0.29, 0.717) is 20.6 Å². The summed E-state index contributed by atoms with van der Waals surface area (Å²) in [4.78, 5) is 28.8. The summed E-state index contributed by atoms with van der Waals surface area (Å²) < 4.78 is 28.7. The lowest BCUT2D eigenvalue weighted by molar-refractivity contribution is -0.141. The van der Waals surface area contributed by atoms with Gasteiger partial charge in [-0.3, -0.25) is 13.9 Å². The highest BCUT2D eigenvalue weighted by Gasteiger charge is 2.35. The normalized spacial score (nSPS) is 12.5. The van der Waals surface area contributed by atoms with Crippen molar-refractivity contribution in [2.75, 3.05) is 10.8 Å². The minimum atomic E-state index is -4.28. The van der Waals surface area contributed by atoms with Crippen LogP contribution >= 0.6 is 46.4 Å². The van der Waals surface area contributed by atoms with Crippen molar-refractivity contribution in [1.29, 1.82) is 0 Å². The van der Waals surface area contributed by atoms with Gasteiger partial charge in [-0.1, -0.05) is 77.6 Å². The van der Waals surface area contributed by atoms with E-state index >= 15 is 0 Å². The van der Waals surface area contributed by atoms with Crippen LogP contribution in [0.15, 0.2) is 71.6 Å². The van der Waals surface area contributed by atoms with E-state index in [1.54, 1.807) is 43.3 Å². The number of carbonyl (C=O) groups excluding carboxylic acids is 2. The molecule has 0 aliphatic carbocycles. The van der Waals surface area contributed by atoms with Gasteiger partial charge in [-0.15, -0.1) is 0 Å². The highest BCUT2D eigenvalue weighted by Crippen LogP contribution is 2.33. The van der Waals surface area contributed by atoms with Crippen LogP contribution in [0.25, 0.3) is 0 Å². The summed E-state index contributed by atoms with van der Waals surface area (Å²) in [6, 6.07) is 15.9. The van der Waals surface area contributed by atoms with Crippen molar-refractivity contribution in [3.05, 3.63) is 92.4 Å². The molecule has 3 rings (SSSR count). The first kappa shape index (κ1) is 33.0. The number of halogens is 4. The Morgan fingerprint density at radius 1 is 0.878 bits per heavy atom. The van der Waals surface area contributed by atoms with Crippen molar-refractivity contribution in [1.82, 2.24) is 10.2 Å². The van der Waals surface area contributed by atoms with E-state index in [0.717, 1.165) is 4.31 Å². The van der Waals surface area contributed by atoms with Gasteiger partial charge in [-0.2, -0.15) is 0 Å². The zero-order chi connectivity index (χ0) is 30.5. The summed E-state index contributed by atoms with van der Waals surface area (Å²) in [5, 5.41) is 3.84. The van der Waals surface area contributed by atoms with Crippen LogP contribution in [0.3, 0.4) is 0 Å². The van der Waals surface area contributed by atoms with E-state index in [1.165, 1.54) is 35.2 Å². The van der Waals surface area contributed by atoms with Crippen molar-refractivity contribution in [2.24, 2.45) is 0 Å². The smallest absolute Gasteiger partial charge is 0.264 e. The first-order valence-electron chi connectivity index (χ1n) is 12.7. The summed E-state index contributed by atoms with van der Waals surface area (Å²) in [6.45, 7) is 6.43. The number of rotatable bonds is 10. The third-order valence-corrected chi connectivity index (χ3v) is 9.08. The van der Waals surface area contributed by atoms with Crippen molar-refractivity contribution in [3.8, 4) is 0 Å². The predicted octanol–water partition coefficient (Wildman–Crippen LogP) is 7.22. The van der Waals surface area contributed by atoms with E-state index in [4.69, 9.17) is 46.4 Å². The molecule has 41 heavy (non-hydrogen) atoms. The molecule has 2 amide bonds. The van der Waals surface area contributed by atoms with Crippen molar-refractivity contribution >= 4 is 73.9 Å². The molecule has 0 bridgehead atoms. The molecule has 0 spiro atoms. The topological polar surface area (TPSA) is 86.8 Å². The Morgan fingerprint density at radius 3 is 2.02 bits per heavy atom. The fraction of sp³-hybridized carbons (Fsp3) is 0.310. The second kappa shape index (κ2) is 13.7. The molecule has 0 unspecified atom stereocenters. The third-order valence-electron chi connectivity index (χ3n) is 6.06. The number of anilines is 1. The van der Waals surface area contributed by atoms with Gasteiger partial charge < -0.3 is 10.2 Å². The molecule has 0 aliphatic rings. The quantitative estimate of drug-likeness (QED) is 0.249. The Bertz CT molecular complexity index is 1490. The van der Waals surface area contributed by atoms with Gasteiger partial charge in [-0.05, 0) is 69.7 Å². The van der Waals surface area contributed by atoms with Crippen LogP contribution in [0.4, 0.5) is 5.69 Å². The minimum Gasteiger partial charge on any atom is -0.350 e. The van der Waals surface area contributed by atoms with Gasteiger partial charge in [-0.25, -0.2) is 8.42 Å². The summed E-state index contributed by atoms with van der Waals surface area (Å²) in [5.41, 5.74) is -0.106. The maximum absolute atomic E-state index is 14.2. The standard InChI is InChI=1S/C29H31Cl4N3O4S/c1-5-25(28(38)34-29(2,3)4)35(17-21-22(31)12-9-13-23(21)32)27(37)18-36(26-15-14-19(30)16-24(26)33)41(39,40)20-10-7-6-8-11-20/h6-16,25H,5,17-18H2,1-4H3,(H,34,38)/t25-/m1/s1. The molecule has 0 saturated carbocycles. The number of sulfonamides is 1. The molecule has 0 fully saturated rings. The van der Waals surface area contributed by atoms with Gasteiger partial charge in [0.05, 0.1) is 15.6 Å². The van der Waals surface area contributed by atoms with Crippen molar-refractivity contribution in [2.45, 2.75) is 57.1 Å². The van der Waals surface area contributed by atoms with Crippen LogP contribution in [0.5, 0.6) is 0 Å². The molecule has 12 heteroatoms. The first-order valence-corrected chi connectivity index (χ1v) is 15.7. The Labute approximate surface area is 261 Å². The number of nitrogens with one attached hydrogen (secondary N) is 1. The summed E-state index contributed by atoms with van der Waals surface area (Å²) >= 11 is 25.4. The van der Waals surface area contributed by atoms with Crippen LogP contribution in [-0.2, 0) is 26.2 Å². The fourth-order valence-corrected chi connectivity index (χ4v) is 6.67. The molecule has 3 aromatic rings. The van der Waals surface area contributed by atoms with Crippen LogP contribution in [0.1, 0.15) is 39.7 Å². The van der Waals surface area contributed by atoms with E-state index in [9.17, 15) is 18.0 Å². The van der Waals surface area contributed by atoms with E-state index in [-0.39, 0.29) is 28.6 Å². The SMILES string of the molecule is CC[C@H](C(=O)NC(C)(C)C)N(Cc1c(Cl)cccc1Cl)C(=O)CN(c1ccc(Cl)cc1Cl)S(=O)(=O)c1ccccc1. The van der Waals surface area contributed by atoms with Crippen LogP contribution < -0.4 is 9.62 Å². The Balaban J connectivity index is 2.14. The lowest BCUT2D eigenvalue weighted by atomic mass is 10.1. The molecule has 0 heterocycles. The molecule has 0 aromatic heterocycles. The summed E-state index contributed by atoms with van der Waals surface area (Å²) in [7, 11) is -4.28. The molecular weight excluding hydrogens is 628 g/mol. The van der Waals surface area contributed by atoms with E-state index in [2.05, 4.69) is 5.32 Å². The van der Waals surface area contributed by atoms with E-state index in [1.807, 2.05) is 20.8 Å². The second-order valence-electron chi connectivity index (χ2n) is 10.3. The highest BCUT2D eigenvalue weighted by atomic mass is 35.5. The zero-order valence-corrected chi connectivity index (χ0v) is 26.8. The van der Waals surface area contributed by atoms with Gasteiger partial charge in [0, 0.05) is 32.7 Å². The monoisotopic (exact) mass is 657 g/mol. The summed E-state index contributed by atoms with van der Waals surface area (Å²) in [5.74, 6) is -1.07. The Morgan fingerprint density at radius 2 is 1.49 bits per heavy atom. The van der Waals surface area contributed by atoms with Crippen molar-refractivity contribution in [3.63, 3.8) is 0 Å². The number of nitrogens with zero attached hydrogens (tertiary/aromatic N) is 2. The van der Waals surface area contributed by atoms with Crippen LogP contribution in [-0.4, -0.2) is 43.3 Å². The molecule has 1 atom stereocenters. The third kappa shape index (κ3) is 8.30. The maximum Gasteiger partial charge on any atom is 0.264 e. The molecule has 7 nitrogen and oxygen atoms in total. The molecular formula is C29H31Cl4N3O4S. The number of amides is 2. The maximum atomic E-state index is 14.2. The average Bonchev–Trinajstić information content (AvgIpc) is 2.88. The zero-order valence-electron chi connectivity index (χ0n) is 23.0. The Kier molecular flexibility index (Phi) is 11.0. The molecule has 0 saturated heterocycles. The number of carbonyl (C=O) groups is 2. The van der Waals surface area contributed by atoms with Gasteiger partial charge in [0.25, 0.3) is 10.0 Å². The second-order valence-corrected chi connectivity index (χ2v) is 13.8. The predicted molar refractivity (Wildman–Crippen MR) is 166 cm³/mol. The number of hydrogen-bond donors (Lipinski definition) is 1. The lowest BCUT2D eigenvalue weighted by Gasteiger charge is -2.35. The van der Waals surface area contributed by atoms with Gasteiger partial charge in [0.2, 0.25) is 11.8 Å². The molecule has 1 N–H and O–H groups in total. The molecule has 0 radical (unpaired) electrons. The lowest BCUT2D eigenvalue weighted by Crippen LogP contribution is -2.55. The van der Waals surface area contributed by atoms with Gasteiger partial charge >= 0.3 is 0 Å². The molecule has 220 valence electrons. The van der Waals surface area contributed by atoms with E-state index < -0.39 is 40.0 Å². The van der Waals surface area contributed by atoms with Crippen LogP contribution in [0, 0.1) is 0 Å². The first-order chi connectivity index (χ1) is 19.2. The van der Waals surface area contributed by atoms with Crippen LogP contribution in [0.2, 0.25) is 20.1 Å². The largest absolute Gasteiger partial charge is 0.350 e. The van der Waals surface area contributed by atoms with Crippen molar-refractivity contribution < 1.29 is 18.0 Å². The molecule has 0 aliphatic heterocycles. The highest BCUT2D eigenvalue weighted by molar-refractivity contribution is 7.92. The minimum absolute atomic E-state index is 0.0306. The summed E-state index contributed by atoms with van der Waals surface area (Å²) in [6.07, 6.45) is 0.239. The fourth-order valence-electron chi connectivity index (χ4n) is 4.14. The van der Waals surface area contributed by atoms with Gasteiger partial charge in [0.15, 0.2) is 0 Å². The molecule has 3 aromatic carbocycles. The average molecular weight is 659 g/mol.